The van der Waals surface area contributed by atoms with E-state index in [2.05, 4.69) is 12.1 Å². The Balaban J connectivity index is 2.38. The van der Waals surface area contributed by atoms with Crippen molar-refractivity contribution in [3.05, 3.63) is 42.0 Å². The van der Waals surface area contributed by atoms with E-state index in [1.165, 1.54) is 11.6 Å². The van der Waals surface area contributed by atoms with Crippen LogP contribution in [0.1, 0.15) is 13.3 Å². The minimum atomic E-state index is -0.202. The summed E-state index contributed by atoms with van der Waals surface area (Å²) in [6.07, 6.45) is 2.64. The van der Waals surface area contributed by atoms with Gasteiger partial charge in [-0.2, -0.15) is 0 Å². The normalized spacial score (nSPS) is 11.2. The Labute approximate surface area is 103 Å². The maximum atomic E-state index is 11.3. The van der Waals surface area contributed by atoms with Crippen LogP contribution in [0.15, 0.2) is 42.0 Å². The molecule has 0 aliphatic heterocycles. The number of carbonyl (C=O) groups excluding carboxylic acids is 1. The summed E-state index contributed by atoms with van der Waals surface area (Å²) in [6, 6.07) is 10.4. The Morgan fingerprint density at radius 3 is 2.62 bits per heavy atom. The number of esters is 1. The molecule has 2 nitrogen and oxygen atoms in total. The first-order chi connectivity index (χ1) is 7.77. The van der Waals surface area contributed by atoms with Crippen LogP contribution in [0.5, 0.6) is 0 Å². The topological polar surface area (TPSA) is 26.3 Å². The second-order valence-electron chi connectivity index (χ2n) is 3.22. The molecule has 86 valence electrons. The van der Waals surface area contributed by atoms with Crippen molar-refractivity contribution in [2.45, 2.75) is 18.7 Å². The van der Waals surface area contributed by atoms with Gasteiger partial charge in [0, 0.05) is 0 Å². The summed E-state index contributed by atoms with van der Waals surface area (Å²) in [5, 5.41) is 1.03. The molecular formula is C13H16O2Se. The molecule has 0 saturated carbocycles. The molecule has 0 aromatic heterocycles. The Hall–Kier alpha value is -1.05. The molecule has 1 rings (SSSR count). The van der Waals surface area contributed by atoms with Crippen LogP contribution in [-0.4, -0.2) is 28.0 Å². The van der Waals surface area contributed by atoms with Gasteiger partial charge in [0.05, 0.1) is 0 Å². The van der Waals surface area contributed by atoms with Crippen molar-refractivity contribution in [2.75, 3.05) is 7.11 Å². The van der Waals surface area contributed by atoms with Gasteiger partial charge in [0.25, 0.3) is 0 Å². The zero-order valence-corrected chi connectivity index (χ0v) is 11.3. The molecule has 16 heavy (non-hydrogen) atoms. The molecule has 0 N–H and O–H groups in total. The van der Waals surface area contributed by atoms with Crippen molar-refractivity contribution in [1.82, 2.24) is 0 Å². The van der Waals surface area contributed by atoms with Crippen molar-refractivity contribution in [1.29, 1.82) is 0 Å². The maximum absolute atomic E-state index is 11.3. The molecule has 0 aliphatic rings. The number of methoxy groups -OCH3 is 1. The van der Waals surface area contributed by atoms with Crippen LogP contribution in [-0.2, 0) is 9.53 Å². The second kappa shape index (κ2) is 7.26. The van der Waals surface area contributed by atoms with Gasteiger partial charge in [-0.15, -0.1) is 0 Å². The van der Waals surface area contributed by atoms with Gasteiger partial charge >= 0.3 is 103 Å². The number of allylic oxidation sites excluding steroid dienone is 1. The summed E-state index contributed by atoms with van der Waals surface area (Å²) in [6.45, 7) is 1.88. The molecule has 3 heteroatoms. The molecule has 0 aliphatic carbocycles. The minimum absolute atomic E-state index is 0.202. The van der Waals surface area contributed by atoms with Crippen LogP contribution < -0.4 is 4.46 Å². The van der Waals surface area contributed by atoms with Crippen LogP contribution in [0.2, 0.25) is 5.32 Å². The van der Waals surface area contributed by atoms with Gasteiger partial charge in [-0.05, 0) is 0 Å². The fourth-order valence-corrected chi connectivity index (χ4v) is 3.19. The van der Waals surface area contributed by atoms with Gasteiger partial charge in [0.2, 0.25) is 0 Å². The average molecular weight is 283 g/mol. The van der Waals surface area contributed by atoms with E-state index in [-0.39, 0.29) is 5.97 Å². The molecular weight excluding hydrogens is 267 g/mol. The number of carbonyl (C=O) groups is 1. The summed E-state index contributed by atoms with van der Waals surface area (Å²) in [5.74, 6) is -0.202. The summed E-state index contributed by atoms with van der Waals surface area (Å²) in [4.78, 5) is 11.3. The molecule has 0 heterocycles. The van der Waals surface area contributed by atoms with Crippen LogP contribution in [0.4, 0.5) is 0 Å². The third-order valence-electron chi connectivity index (χ3n) is 2.18. The van der Waals surface area contributed by atoms with E-state index in [4.69, 9.17) is 4.74 Å². The third-order valence-corrected chi connectivity index (χ3v) is 4.31. The van der Waals surface area contributed by atoms with Crippen molar-refractivity contribution in [2.24, 2.45) is 0 Å². The summed E-state index contributed by atoms with van der Waals surface area (Å²) >= 11 is 0.434. The fraction of sp³-hybridized carbons (Fsp3) is 0.308. The predicted octanol–water partition coefficient (Wildman–Crippen LogP) is 1.94. The zero-order chi connectivity index (χ0) is 11.8. The van der Waals surface area contributed by atoms with Gasteiger partial charge < -0.3 is 0 Å². The molecule has 0 saturated heterocycles. The molecule has 0 atom stereocenters. The zero-order valence-electron chi connectivity index (χ0n) is 9.60. The van der Waals surface area contributed by atoms with Crippen LogP contribution in [0.25, 0.3) is 0 Å². The molecule has 0 spiro atoms. The molecule has 0 fully saturated rings. The Kier molecular flexibility index (Phi) is 5.91. The van der Waals surface area contributed by atoms with Crippen molar-refractivity contribution < 1.29 is 9.53 Å². The number of ether oxygens (including phenoxy) is 1. The first-order valence-electron chi connectivity index (χ1n) is 5.19. The molecule has 0 unspecified atom stereocenters. The Morgan fingerprint density at radius 2 is 2.06 bits per heavy atom. The van der Waals surface area contributed by atoms with Gasteiger partial charge in [-0.1, -0.05) is 0 Å². The van der Waals surface area contributed by atoms with Gasteiger partial charge in [0.15, 0.2) is 0 Å². The predicted molar refractivity (Wildman–Crippen MR) is 67.0 cm³/mol. The fourth-order valence-electron chi connectivity index (χ4n) is 1.29. The SMILES string of the molecule is C/C=C(\CC[Se]c1ccccc1)C(=O)OC. The second-order valence-corrected chi connectivity index (χ2v) is 5.67. The molecule has 0 bridgehead atoms. The van der Waals surface area contributed by atoms with Gasteiger partial charge in [0.1, 0.15) is 0 Å². The van der Waals surface area contributed by atoms with Gasteiger partial charge in [-0.25, -0.2) is 0 Å². The number of hydrogen-bond donors (Lipinski definition) is 0. The number of hydrogen-bond acceptors (Lipinski definition) is 2. The van der Waals surface area contributed by atoms with E-state index in [0.29, 0.717) is 15.0 Å². The molecule has 0 radical (unpaired) electrons. The standard InChI is InChI=1S/C13H16O2Se/c1-3-11(13(14)15-2)9-10-16-12-7-5-4-6-8-12/h3-8H,9-10H2,1-2H3/b11-3+. The number of benzene rings is 1. The first-order valence-corrected chi connectivity index (χ1v) is 7.26. The third kappa shape index (κ3) is 4.21. The quantitative estimate of drug-likeness (QED) is 0.469. The van der Waals surface area contributed by atoms with E-state index in [9.17, 15) is 4.79 Å². The van der Waals surface area contributed by atoms with Crippen LogP contribution >= 0.6 is 0 Å². The molecule has 0 amide bonds. The van der Waals surface area contributed by atoms with E-state index < -0.39 is 0 Å². The first kappa shape index (κ1) is 13.0. The van der Waals surface area contributed by atoms with Crippen LogP contribution in [0, 0.1) is 0 Å². The average Bonchev–Trinajstić information content (AvgIpc) is 2.35. The number of rotatable bonds is 5. The van der Waals surface area contributed by atoms with Gasteiger partial charge in [-0.3, -0.25) is 0 Å². The van der Waals surface area contributed by atoms with E-state index >= 15 is 0 Å². The monoisotopic (exact) mass is 284 g/mol. The van der Waals surface area contributed by atoms with E-state index in [1.54, 1.807) is 0 Å². The Bertz CT molecular complexity index is 357. The summed E-state index contributed by atoms with van der Waals surface area (Å²) in [5.41, 5.74) is 0.778. The Morgan fingerprint density at radius 1 is 1.38 bits per heavy atom. The van der Waals surface area contributed by atoms with Crippen molar-refractivity contribution >= 4 is 25.4 Å². The molecule has 1 aromatic rings. The van der Waals surface area contributed by atoms with Crippen molar-refractivity contribution in [3.8, 4) is 0 Å². The van der Waals surface area contributed by atoms with Crippen LogP contribution in [0.3, 0.4) is 0 Å². The summed E-state index contributed by atoms with van der Waals surface area (Å²) in [7, 11) is 1.42. The van der Waals surface area contributed by atoms with E-state index in [1.807, 2.05) is 31.2 Å². The summed E-state index contributed by atoms with van der Waals surface area (Å²) < 4.78 is 6.08. The van der Waals surface area contributed by atoms with E-state index in [0.717, 1.165) is 17.3 Å². The van der Waals surface area contributed by atoms with Crippen molar-refractivity contribution in [3.63, 3.8) is 0 Å². The molecule has 1 aromatic carbocycles.